The minimum Gasteiger partial charge on any atom is -0.321 e. The van der Waals surface area contributed by atoms with Gasteiger partial charge in [0.1, 0.15) is 0 Å². The highest BCUT2D eigenvalue weighted by molar-refractivity contribution is 7.89. The topological polar surface area (TPSA) is 75.3 Å². The van der Waals surface area contributed by atoms with E-state index in [0.29, 0.717) is 0 Å². The molecule has 0 heterocycles. The highest BCUT2D eigenvalue weighted by Gasteiger charge is 2.28. The molecule has 0 radical (unpaired) electrons. The second kappa shape index (κ2) is 5.22. The third kappa shape index (κ3) is 3.71. The Morgan fingerprint density at radius 3 is 2.58 bits per heavy atom. The first-order chi connectivity index (χ1) is 8.88. The zero-order chi connectivity index (χ0) is 14.0. The molecular formula is C11H12F2N2O3S. The summed E-state index contributed by atoms with van der Waals surface area (Å²) in [7, 11) is -3.66. The Morgan fingerprint density at radius 2 is 2.00 bits per heavy atom. The minimum atomic E-state index is -3.66. The van der Waals surface area contributed by atoms with E-state index < -0.39 is 22.4 Å². The fraction of sp³-hybridized carbons (Fsp3) is 0.364. The predicted octanol–water partition coefficient (Wildman–Crippen LogP) is 1.33. The lowest BCUT2D eigenvalue weighted by molar-refractivity contribution is -0.126. The van der Waals surface area contributed by atoms with Crippen LogP contribution in [0.1, 0.15) is 12.8 Å². The van der Waals surface area contributed by atoms with Gasteiger partial charge in [0.25, 0.3) is 5.91 Å². The Bertz CT molecular complexity index is 585. The summed E-state index contributed by atoms with van der Waals surface area (Å²) in [5.74, 6) is -1.47. The largest absolute Gasteiger partial charge is 0.321 e. The summed E-state index contributed by atoms with van der Waals surface area (Å²) in [6.07, 6.45) is -1.56. The number of alkyl halides is 2. The zero-order valence-corrected chi connectivity index (χ0v) is 10.6. The Hall–Kier alpha value is -1.54. The number of benzene rings is 1. The summed E-state index contributed by atoms with van der Waals surface area (Å²) in [4.78, 5) is 10.8. The van der Waals surface area contributed by atoms with Gasteiger partial charge in [-0.2, -0.15) is 8.78 Å². The van der Waals surface area contributed by atoms with Gasteiger partial charge >= 0.3 is 6.43 Å². The maximum absolute atomic E-state index is 12.1. The maximum Gasteiger partial charge on any atom is 0.315 e. The van der Waals surface area contributed by atoms with Gasteiger partial charge in [-0.25, -0.2) is 13.1 Å². The lowest BCUT2D eigenvalue weighted by atomic mass is 10.3. The van der Waals surface area contributed by atoms with Crippen LogP contribution < -0.4 is 10.0 Å². The summed E-state index contributed by atoms with van der Waals surface area (Å²) < 4.78 is 50.4. The van der Waals surface area contributed by atoms with Gasteiger partial charge in [-0.1, -0.05) is 6.07 Å². The Morgan fingerprint density at radius 1 is 1.32 bits per heavy atom. The third-order valence-electron chi connectivity index (χ3n) is 2.51. The number of carbonyl (C=O) groups excluding carboxylic acids is 1. The molecule has 0 aliphatic heterocycles. The van der Waals surface area contributed by atoms with E-state index in [1.807, 2.05) is 5.32 Å². The molecule has 0 aromatic heterocycles. The van der Waals surface area contributed by atoms with Gasteiger partial charge in [0.2, 0.25) is 10.0 Å². The van der Waals surface area contributed by atoms with Gasteiger partial charge in [0, 0.05) is 11.7 Å². The number of rotatable bonds is 5. The molecule has 2 N–H and O–H groups in total. The summed E-state index contributed by atoms with van der Waals surface area (Å²) in [5.41, 5.74) is 0.0176. The molecule has 0 atom stereocenters. The van der Waals surface area contributed by atoms with Crippen LogP contribution in [0.5, 0.6) is 0 Å². The molecule has 1 aliphatic rings. The lowest BCUT2D eigenvalue weighted by Crippen LogP contribution is -2.26. The number of nitrogens with one attached hydrogen (secondary N) is 2. The van der Waals surface area contributed by atoms with Crippen LogP contribution in [0.15, 0.2) is 29.2 Å². The molecule has 1 fully saturated rings. The molecule has 19 heavy (non-hydrogen) atoms. The standard InChI is InChI=1S/C11H12F2N2O3S/c12-10(13)11(16)14-8-2-1-3-9(6-8)19(17,18)15-7-4-5-7/h1-3,6-7,10,15H,4-5H2,(H,14,16). The van der Waals surface area contributed by atoms with Crippen molar-refractivity contribution < 1.29 is 22.0 Å². The molecule has 1 aromatic carbocycles. The number of amides is 1. The summed E-state index contributed by atoms with van der Waals surface area (Å²) in [6.45, 7) is 0. The molecule has 5 nitrogen and oxygen atoms in total. The Balaban J connectivity index is 2.16. The molecule has 0 unspecified atom stereocenters. The summed E-state index contributed by atoms with van der Waals surface area (Å²) in [6, 6.07) is 5.15. The van der Waals surface area contributed by atoms with Crippen LogP contribution in [0.25, 0.3) is 0 Å². The van der Waals surface area contributed by atoms with Crippen LogP contribution in [0.3, 0.4) is 0 Å². The number of hydrogen-bond acceptors (Lipinski definition) is 3. The van der Waals surface area contributed by atoms with Crippen LogP contribution in [0.4, 0.5) is 14.5 Å². The third-order valence-corrected chi connectivity index (χ3v) is 4.03. The number of anilines is 1. The predicted molar refractivity (Wildman–Crippen MR) is 64.4 cm³/mol. The van der Waals surface area contributed by atoms with Crippen molar-refractivity contribution >= 4 is 21.6 Å². The molecular weight excluding hydrogens is 278 g/mol. The van der Waals surface area contributed by atoms with E-state index in [9.17, 15) is 22.0 Å². The van der Waals surface area contributed by atoms with Gasteiger partial charge in [-0.05, 0) is 31.0 Å². The highest BCUT2D eigenvalue weighted by atomic mass is 32.2. The van der Waals surface area contributed by atoms with Gasteiger partial charge in [-0.3, -0.25) is 4.79 Å². The quantitative estimate of drug-likeness (QED) is 0.859. The molecule has 1 aromatic rings. The molecule has 0 bridgehead atoms. The Kier molecular flexibility index (Phi) is 3.81. The molecule has 104 valence electrons. The first-order valence-electron chi connectivity index (χ1n) is 5.60. The Labute approximate surface area is 109 Å². The lowest BCUT2D eigenvalue weighted by Gasteiger charge is -2.08. The van der Waals surface area contributed by atoms with Crippen LogP contribution in [0.2, 0.25) is 0 Å². The first-order valence-corrected chi connectivity index (χ1v) is 7.08. The van der Waals surface area contributed by atoms with E-state index in [-0.39, 0.29) is 16.6 Å². The number of hydrogen-bond donors (Lipinski definition) is 2. The average Bonchev–Trinajstić information content (AvgIpc) is 3.12. The van der Waals surface area contributed by atoms with E-state index in [1.54, 1.807) is 0 Å². The zero-order valence-electron chi connectivity index (χ0n) is 9.77. The van der Waals surface area contributed by atoms with Crippen molar-refractivity contribution in [1.82, 2.24) is 4.72 Å². The van der Waals surface area contributed by atoms with E-state index >= 15 is 0 Å². The van der Waals surface area contributed by atoms with Gasteiger partial charge in [-0.15, -0.1) is 0 Å². The van der Waals surface area contributed by atoms with Gasteiger partial charge in [0.05, 0.1) is 4.90 Å². The van der Waals surface area contributed by atoms with E-state index in [1.165, 1.54) is 18.2 Å². The highest BCUT2D eigenvalue weighted by Crippen LogP contribution is 2.23. The number of halogens is 2. The molecule has 1 amide bonds. The number of sulfonamides is 1. The van der Waals surface area contributed by atoms with Crippen LogP contribution in [-0.2, 0) is 14.8 Å². The number of carbonyl (C=O) groups is 1. The van der Waals surface area contributed by atoms with Crippen molar-refractivity contribution in [2.75, 3.05) is 5.32 Å². The van der Waals surface area contributed by atoms with Crippen LogP contribution >= 0.6 is 0 Å². The van der Waals surface area contributed by atoms with Crippen molar-refractivity contribution in [2.45, 2.75) is 30.2 Å². The molecule has 8 heteroatoms. The molecule has 0 saturated heterocycles. The van der Waals surface area contributed by atoms with E-state index in [4.69, 9.17) is 0 Å². The van der Waals surface area contributed by atoms with Gasteiger partial charge < -0.3 is 5.32 Å². The smallest absolute Gasteiger partial charge is 0.315 e. The first kappa shape index (κ1) is 13.9. The SMILES string of the molecule is O=C(Nc1cccc(S(=O)(=O)NC2CC2)c1)C(F)F. The summed E-state index contributed by atoms with van der Waals surface area (Å²) in [5, 5.41) is 1.94. The van der Waals surface area contributed by atoms with Crippen molar-refractivity contribution in [3.8, 4) is 0 Å². The van der Waals surface area contributed by atoms with E-state index in [2.05, 4.69) is 4.72 Å². The van der Waals surface area contributed by atoms with Crippen LogP contribution in [-0.4, -0.2) is 26.8 Å². The second-order valence-electron chi connectivity index (χ2n) is 4.21. The van der Waals surface area contributed by atoms with Crippen LogP contribution in [0, 0.1) is 0 Å². The van der Waals surface area contributed by atoms with Crippen molar-refractivity contribution in [3.05, 3.63) is 24.3 Å². The molecule has 1 aliphatic carbocycles. The van der Waals surface area contributed by atoms with Crippen molar-refractivity contribution in [2.24, 2.45) is 0 Å². The summed E-state index contributed by atoms with van der Waals surface area (Å²) >= 11 is 0. The van der Waals surface area contributed by atoms with E-state index in [0.717, 1.165) is 18.9 Å². The normalized spacial score (nSPS) is 15.5. The minimum absolute atomic E-state index is 0.0176. The van der Waals surface area contributed by atoms with Crippen molar-refractivity contribution in [3.63, 3.8) is 0 Å². The fourth-order valence-corrected chi connectivity index (χ4v) is 2.78. The molecule has 0 spiro atoms. The average molecular weight is 290 g/mol. The molecule has 2 rings (SSSR count). The fourth-order valence-electron chi connectivity index (χ4n) is 1.43. The van der Waals surface area contributed by atoms with Gasteiger partial charge in [0.15, 0.2) is 0 Å². The second-order valence-corrected chi connectivity index (χ2v) is 5.93. The van der Waals surface area contributed by atoms with Crippen molar-refractivity contribution in [1.29, 1.82) is 0 Å². The maximum atomic E-state index is 12.1. The molecule has 1 saturated carbocycles. The monoisotopic (exact) mass is 290 g/mol.